The molecule has 0 spiro atoms. The normalized spacial score (nSPS) is 11.6. The lowest BCUT2D eigenvalue weighted by Crippen LogP contribution is -2.12. The molecule has 0 bridgehead atoms. The number of carbonyl (C=O) groups is 2. The lowest BCUT2D eigenvalue weighted by Gasteiger charge is -2.15. The molecule has 0 aromatic heterocycles. The van der Waals surface area contributed by atoms with Crippen molar-refractivity contribution in [2.45, 2.75) is 19.3 Å². The minimum absolute atomic E-state index is 0.00204. The predicted octanol–water partition coefficient (Wildman–Crippen LogP) is 5.93. The van der Waals surface area contributed by atoms with Gasteiger partial charge in [0.15, 0.2) is 0 Å². The van der Waals surface area contributed by atoms with E-state index in [-0.39, 0.29) is 18.7 Å². The smallest absolute Gasteiger partial charge is 0.303 e. The van der Waals surface area contributed by atoms with E-state index in [4.69, 9.17) is 5.11 Å². The monoisotopic (exact) mass is 381 g/mol. The van der Waals surface area contributed by atoms with Crippen molar-refractivity contribution < 1.29 is 14.7 Å². The van der Waals surface area contributed by atoms with Crippen molar-refractivity contribution in [1.82, 2.24) is 0 Å². The van der Waals surface area contributed by atoms with Gasteiger partial charge in [0.1, 0.15) is 0 Å². The van der Waals surface area contributed by atoms with Crippen LogP contribution in [0.5, 0.6) is 0 Å². The maximum absolute atomic E-state index is 12.3. The van der Waals surface area contributed by atoms with Crippen molar-refractivity contribution in [3.05, 3.63) is 66.7 Å². The SMILES string of the molecule is O=C(O)CCCC(=O)Nc1cccc2c1cc1ccc3cccc4ccc2c1c34. The van der Waals surface area contributed by atoms with Crippen molar-refractivity contribution >= 4 is 60.7 Å². The summed E-state index contributed by atoms with van der Waals surface area (Å²) in [6.45, 7) is 0. The van der Waals surface area contributed by atoms with Gasteiger partial charge in [-0.2, -0.15) is 0 Å². The Morgan fingerprint density at radius 2 is 1.45 bits per heavy atom. The first kappa shape index (κ1) is 17.4. The van der Waals surface area contributed by atoms with Crippen LogP contribution in [0.25, 0.3) is 43.1 Å². The van der Waals surface area contributed by atoms with Crippen molar-refractivity contribution in [3.63, 3.8) is 0 Å². The molecule has 0 saturated heterocycles. The number of amides is 1. The summed E-state index contributed by atoms with van der Waals surface area (Å²) in [7, 11) is 0. The lowest BCUT2D eigenvalue weighted by atomic mass is 9.90. The van der Waals surface area contributed by atoms with E-state index >= 15 is 0 Å². The third-order valence-electron chi connectivity index (χ3n) is 5.57. The minimum Gasteiger partial charge on any atom is -0.481 e. The number of benzene rings is 5. The number of hydrogen-bond acceptors (Lipinski definition) is 2. The topological polar surface area (TPSA) is 66.4 Å². The van der Waals surface area contributed by atoms with Gasteiger partial charge in [0.05, 0.1) is 0 Å². The molecule has 0 aliphatic carbocycles. The Morgan fingerprint density at radius 1 is 0.724 bits per heavy atom. The van der Waals surface area contributed by atoms with Crippen molar-refractivity contribution in [3.8, 4) is 0 Å². The van der Waals surface area contributed by atoms with E-state index in [1.165, 1.54) is 26.9 Å². The predicted molar refractivity (Wildman–Crippen MR) is 118 cm³/mol. The van der Waals surface area contributed by atoms with Gasteiger partial charge in [-0.15, -0.1) is 0 Å². The summed E-state index contributed by atoms with van der Waals surface area (Å²) in [6.07, 6.45) is 0.520. The molecule has 0 radical (unpaired) electrons. The van der Waals surface area contributed by atoms with Crippen molar-refractivity contribution in [1.29, 1.82) is 0 Å². The molecule has 5 aromatic carbocycles. The maximum atomic E-state index is 12.3. The van der Waals surface area contributed by atoms with Gasteiger partial charge in [0, 0.05) is 23.9 Å². The van der Waals surface area contributed by atoms with E-state index in [1.54, 1.807) is 0 Å². The Balaban J connectivity index is 1.65. The van der Waals surface area contributed by atoms with Crippen LogP contribution in [-0.4, -0.2) is 17.0 Å². The highest BCUT2D eigenvalue weighted by Gasteiger charge is 2.13. The van der Waals surface area contributed by atoms with E-state index in [2.05, 4.69) is 59.9 Å². The van der Waals surface area contributed by atoms with Crippen LogP contribution in [-0.2, 0) is 9.59 Å². The summed E-state index contributed by atoms with van der Waals surface area (Å²) in [5, 5.41) is 21.1. The van der Waals surface area contributed by atoms with Gasteiger partial charge in [0.25, 0.3) is 0 Å². The Labute approximate surface area is 167 Å². The first-order valence-electron chi connectivity index (χ1n) is 9.73. The molecule has 0 aliphatic rings. The molecule has 0 saturated carbocycles. The second kappa shape index (κ2) is 6.74. The zero-order valence-electron chi connectivity index (χ0n) is 15.7. The Morgan fingerprint density at radius 3 is 2.24 bits per heavy atom. The average molecular weight is 381 g/mol. The first-order chi connectivity index (χ1) is 14.1. The summed E-state index contributed by atoms with van der Waals surface area (Å²) in [4.78, 5) is 23.0. The number of hydrogen-bond donors (Lipinski definition) is 2. The van der Waals surface area contributed by atoms with E-state index in [0.717, 1.165) is 21.8 Å². The third-order valence-corrected chi connectivity index (χ3v) is 5.57. The number of aliphatic carboxylic acids is 1. The quantitative estimate of drug-likeness (QED) is 0.293. The second-order valence-electron chi connectivity index (χ2n) is 7.43. The molecule has 142 valence electrons. The molecular formula is C25H19NO3. The molecule has 0 fully saturated rings. The summed E-state index contributed by atoms with van der Waals surface area (Å²) in [5.74, 6) is -1.05. The van der Waals surface area contributed by atoms with Crippen LogP contribution in [0.4, 0.5) is 5.69 Å². The number of nitrogens with one attached hydrogen (secondary N) is 1. The van der Waals surface area contributed by atoms with Gasteiger partial charge in [0.2, 0.25) is 5.91 Å². The standard InChI is InChI=1S/C25H19NO3/c27-22(8-3-9-23(28)29)26-21-7-2-6-18-19-13-12-16-5-1-4-15-10-11-17(14-20(18)21)25(19)24(15)16/h1-2,4-7,10-14H,3,8-9H2,(H,26,27)(H,28,29). The minimum atomic E-state index is -0.882. The van der Waals surface area contributed by atoms with E-state index < -0.39 is 5.97 Å². The zero-order valence-corrected chi connectivity index (χ0v) is 15.7. The molecule has 1 amide bonds. The fraction of sp³-hybridized carbons (Fsp3) is 0.120. The number of carboxylic acids is 1. The molecule has 5 aromatic rings. The summed E-state index contributed by atoms with van der Waals surface area (Å²) in [6, 6.07) is 23.0. The van der Waals surface area contributed by atoms with Crippen molar-refractivity contribution in [2.75, 3.05) is 5.32 Å². The fourth-order valence-electron chi connectivity index (χ4n) is 4.29. The molecule has 0 heterocycles. The van der Waals surface area contributed by atoms with E-state index in [0.29, 0.717) is 6.42 Å². The molecular weight excluding hydrogens is 362 g/mol. The van der Waals surface area contributed by atoms with Gasteiger partial charge >= 0.3 is 5.97 Å². The molecule has 2 N–H and O–H groups in total. The number of rotatable bonds is 5. The molecule has 4 nitrogen and oxygen atoms in total. The van der Waals surface area contributed by atoms with Crippen LogP contribution in [0.15, 0.2) is 66.7 Å². The number of anilines is 1. The average Bonchev–Trinajstić information content (AvgIpc) is 2.72. The Hall–Kier alpha value is -3.66. The van der Waals surface area contributed by atoms with Crippen molar-refractivity contribution in [2.24, 2.45) is 0 Å². The molecule has 0 aliphatic heterocycles. The summed E-state index contributed by atoms with van der Waals surface area (Å²) >= 11 is 0. The number of carboxylic acid groups (broad SMARTS) is 1. The van der Waals surface area contributed by atoms with Crippen LogP contribution < -0.4 is 5.32 Å². The van der Waals surface area contributed by atoms with E-state index in [1.807, 2.05) is 12.1 Å². The van der Waals surface area contributed by atoms with Crippen LogP contribution in [0.1, 0.15) is 19.3 Å². The largest absolute Gasteiger partial charge is 0.481 e. The zero-order chi connectivity index (χ0) is 20.0. The highest BCUT2D eigenvalue weighted by atomic mass is 16.4. The molecule has 0 unspecified atom stereocenters. The number of fused-ring (bicyclic) bond motifs is 2. The summed E-state index contributed by atoms with van der Waals surface area (Å²) in [5.41, 5.74) is 0.758. The molecule has 5 rings (SSSR count). The molecule has 4 heteroatoms. The highest BCUT2D eigenvalue weighted by Crippen LogP contribution is 2.40. The van der Waals surface area contributed by atoms with Gasteiger partial charge in [-0.1, -0.05) is 54.6 Å². The summed E-state index contributed by atoms with van der Waals surface area (Å²) < 4.78 is 0. The van der Waals surface area contributed by atoms with E-state index in [9.17, 15) is 9.59 Å². The Kier molecular flexibility index (Phi) is 4.06. The van der Waals surface area contributed by atoms with Crippen LogP contribution in [0.3, 0.4) is 0 Å². The van der Waals surface area contributed by atoms with Crippen LogP contribution in [0, 0.1) is 0 Å². The lowest BCUT2D eigenvalue weighted by molar-refractivity contribution is -0.137. The molecule has 0 atom stereocenters. The maximum Gasteiger partial charge on any atom is 0.303 e. The van der Waals surface area contributed by atoms with Crippen LogP contribution >= 0.6 is 0 Å². The number of carbonyl (C=O) groups excluding carboxylic acids is 1. The van der Waals surface area contributed by atoms with Gasteiger partial charge in [-0.25, -0.2) is 0 Å². The second-order valence-corrected chi connectivity index (χ2v) is 7.43. The third kappa shape index (κ3) is 2.93. The Bertz CT molecular complexity index is 1390. The van der Waals surface area contributed by atoms with Gasteiger partial charge in [-0.05, 0) is 56.3 Å². The van der Waals surface area contributed by atoms with Crippen LogP contribution in [0.2, 0.25) is 0 Å². The first-order valence-corrected chi connectivity index (χ1v) is 9.73. The molecule has 29 heavy (non-hydrogen) atoms. The van der Waals surface area contributed by atoms with Gasteiger partial charge < -0.3 is 10.4 Å². The highest BCUT2D eigenvalue weighted by molar-refractivity contribution is 6.30. The fourth-order valence-corrected chi connectivity index (χ4v) is 4.29. The van der Waals surface area contributed by atoms with Gasteiger partial charge in [-0.3, -0.25) is 9.59 Å².